The Labute approximate surface area is 161 Å². The Kier molecular flexibility index (Phi) is 6.05. The molecule has 2 heterocycles. The van der Waals surface area contributed by atoms with Crippen LogP contribution in [0.4, 0.5) is 15.9 Å². The van der Waals surface area contributed by atoms with Crippen LogP contribution in [0.25, 0.3) is 0 Å². The summed E-state index contributed by atoms with van der Waals surface area (Å²) in [5, 5.41) is 11.9. The van der Waals surface area contributed by atoms with E-state index in [9.17, 15) is 14.5 Å². The van der Waals surface area contributed by atoms with Crippen LogP contribution in [0.2, 0.25) is 5.02 Å². The van der Waals surface area contributed by atoms with Crippen LogP contribution < -0.4 is 9.64 Å². The zero-order valence-corrected chi connectivity index (χ0v) is 15.7. The van der Waals surface area contributed by atoms with Crippen molar-refractivity contribution < 1.29 is 14.1 Å². The van der Waals surface area contributed by atoms with E-state index >= 15 is 0 Å². The van der Waals surface area contributed by atoms with E-state index in [2.05, 4.69) is 16.9 Å². The van der Waals surface area contributed by atoms with Gasteiger partial charge < -0.3 is 9.64 Å². The number of rotatable bonds is 6. The van der Waals surface area contributed by atoms with Gasteiger partial charge >= 0.3 is 11.6 Å². The average molecular weight is 395 g/mol. The van der Waals surface area contributed by atoms with Gasteiger partial charge in [0.15, 0.2) is 11.6 Å². The summed E-state index contributed by atoms with van der Waals surface area (Å²) in [7, 11) is 0. The normalized spacial score (nSPS) is 15.0. The van der Waals surface area contributed by atoms with Crippen molar-refractivity contribution in [3.05, 3.63) is 45.5 Å². The molecule has 144 valence electrons. The molecule has 0 N–H and O–H groups in total. The van der Waals surface area contributed by atoms with Crippen LogP contribution in [0, 0.1) is 21.8 Å². The lowest BCUT2D eigenvalue weighted by molar-refractivity contribution is -0.385. The molecule has 9 heteroatoms. The molecule has 2 aromatic rings. The highest BCUT2D eigenvalue weighted by Crippen LogP contribution is 2.38. The van der Waals surface area contributed by atoms with Crippen LogP contribution in [-0.4, -0.2) is 28.0 Å². The third kappa shape index (κ3) is 4.44. The maximum Gasteiger partial charge on any atom is 0.373 e. The molecule has 0 radical (unpaired) electrons. The molecule has 1 aromatic carbocycles. The molecule has 0 atom stereocenters. The van der Waals surface area contributed by atoms with Crippen molar-refractivity contribution in [2.24, 2.45) is 5.92 Å². The van der Waals surface area contributed by atoms with E-state index in [0.29, 0.717) is 19.0 Å². The Morgan fingerprint density at radius 1 is 1.37 bits per heavy atom. The number of piperidine rings is 1. The van der Waals surface area contributed by atoms with Crippen molar-refractivity contribution in [1.29, 1.82) is 0 Å². The minimum atomic E-state index is -0.725. The maximum absolute atomic E-state index is 14.0. The minimum Gasteiger partial charge on any atom is -0.430 e. The zero-order chi connectivity index (χ0) is 19.4. The highest BCUT2D eigenvalue weighted by atomic mass is 35.5. The molecule has 0 aliphatic carbocycles. The minimum absolute atomic E-state index is 0.186. The van der Waals surface area contributed by atoms with Crippen LogP contribution in [0.3, 0.4) is 0 Å². The summed E-state index contributed by atoms with van der Waals surface area (Å²) in [6.45, 7) is 3.51. The van der Waals surface area contributed by atoms with Crippen LogP contribution >= 0.6 is 11.6 Å². The van der Waals surface area contributed by atoms with E-state index in [4.69, 9.17) is 16.3 Å². The average Bonchev–Trinajstić information content (AvgIpc) is 2.64. The summed E-state index contributed by atoms with van der Waals surface area (Å²) in [5.41, 5.74) is -0.360. The van der Waals surface area contributed by atoms with Gasteiger partial charge in [0, 0.05) is 18.1 Å². The Balaban J connectivity index is 1.88. The van der Waals surface area contributed by atoms with E-state index in [0.717, 1.165) is 31.7 Å². The summed E-state index contributed by atoms with van der Waals surface area (Å²) < 4.78 is 19.4. The number of nitrogens with zero attached hydrogens (tertiary/aromatic N) is 4. The summed E-state index contributed by atoms with van der Waals surface area (Å²) in [4.78, 5) is 20.9. The Hall–Kier alpha value is -2.48. The Morgan fingerprint density at radius 2 is 2.11 bits per heavy atom. The van der Waals surface area contributed by atoms with Gasteiger partial charge in [-0.3, -0.25) is 10.1 Å². The van der Waals surface area contributed by atoms with Crippen LogP contribution in [0.5, 0.6) is 11.6 Å². The van der Waals surface area contributed by atoms with E-state index in [1.165, 1.54) is 18.5 Å². The first-order valence-corrected chi connectivity index (χ1v) is 9.24. The van der Waals surface area contributed by atoms with E-state index in [-0.39, 0.29) is 28.2 Å². The van der Waals surface area contributed by atoms with Crippen molar-refractivity contribution in [1.82, 2.24) is 9.97 Å². The highest BCUT2D eigenvalue weighted by molar-refractivity contribution is 6.30. The lowest BCUT2D eigenvalue weighted by atomic mass is 9.92. The number of ether oxygens (including phenoxy) is 1. The fourth-order valence-electron chi connectivity index (χ4n) is 3.32. The molecule has 1 aliphatic rings. The monoisotopic (exact) mass is 394 g/mol. The quantitative estimate of drug-likeness (QED) is 0.507. The van der Waals surface area contributed by atoms with Gasteiger partial charge in [0.25, 0.3) is 0 Å². The van der Waals surface area contributed by atoms with Gasteiger partial charge in [-0.05, 0) is 37.0 Å². The topological polar surface area (TPSA) is 81.4 Å². The number of hydrogen-bond acceptors (Lipinski definition) is 6. The lowest BCUT2D eigenvalue weighted by Crippen LogP contribution is -2.34. The fraction of sp³-hybridized carbons (Fsp3) is 0.444. The van der Waals surface area contributed by atoms with Crippen molar-refractivity contribution in [2.45, 2.75) is 32.6 Å². The molecule has 1 saturated heterocycles. The lowest BCUT2D eigenvalue weighted by Gasteiger charge is -2.32. The third-order valence-electron chi connectivity index (χ3n) is 4.66. The number of hydrogen-bond donors (Lipinski definition) is 0. The van der Waals surface area contributed by atoms with Crippen LogP contribution in [0.1, 0.15) is 32.6 Å². The number of halogens is 2. The van der Waals surface area contributed by atoms with Gasteiger partial charge in [-0.1, -0.05) is 31.4 Å². The van der Waals surface area contributed by atoms with Crippen molar-refractivity contribution in [3.8, 4) is 11.6 Å². The number of nitro groups is 1. The molecule has 27 heavy (non-hydrogen) atoms. The molecular formula is C18H20ClFN4O3. The predicted octanol–water partition coefficient (Wildman–Crippen LogP) is 4.99. The third-order valence-corrected chi connectivity index (χ3v) is 4.90. The first-order valence-electron chi connectivity index (χ1n) is 8.86. The highest BCUT2D eigenvalue weighted by Gasteiger charge is 2.31. The second kappa shape index (κ2) is 8.47. The van der Waals surface area contributed by atoms with E-state index in [1.807, 2.05) is 4.90 Å². The molecule has 0 spiro atoms. The maximum atomic E-state index is 14.0. The Morgan fingerprint density at radius 3 is 2.74 bits per heavy atom. The van der Waals surface area contributed by atoms with Crippen molar-refractivity contribution in [2.75, 3.05) is 18.0 Å². The molecular weight excluding hydrogens is 375 g/mol. The molecule has 0 amide bonds. The second-order valence-corrected chi connectivity index (χ2v) is 6.94. The number of anilines is 1. The molecule has 0 unspecified atom stereocenters. The SMILES string of the molecule is CCCC1CCN(c2ncnc(Oc3ccc(Cl)cc3F)c2[N+](=O)[O-])CC1. The molecule has 7 nitrogen and oxygen atoms in total. The predicted molar refractivity (Wildman–Crippen MR) is 100 cm³/mol. The van der Waals surface area contributed by atoms with Gasteiger partial charge in [0.05, 0.1) is 4.92 Å². The van der Waals surface area contributed by atoms with Crippen LogP contribution in [0.15, 0.2) is 24.5 Å². The summed E-state index contributed by atoms with van der Waals surface area (Å²) in [6, 6.07) is 3.81. The van der Waals surface area contributed by atoms with Crippen molar-refractivity contribution >= 4 is 23.1 Å². The molecule has 1 fully saturated rings. The van der Waals surface area contributed by atoms with Crippen LogP contribution in [-0.2, 0) is 0 Å². The van der Waals surface area contributed by atoms with Gasteiger partial charge in [0.2, 0.25) is 5.82 Å². The standard InChI is InChI=1S/C18H20ClFN4O3/c1-2-3-12-6-8-23(9-7-12)17-16(24(25)26)18(22-11-21-17)27-15-5-4-13(19)10-14(15)20/h4-5,10-12H,2-3,6-9H2,1H3. The first kappa shape index (κ1) is 19.3. The number of benzene rings is 1. The molecule has 3 rings (SSSR count). The molecule has 0 bridgehead atoms. The molecule has 1 aliphatic heterocycles. The smallest absolute Gasteiger partial charge is 0.373 e. The molecule has 1 aromatic heterocycles. The summed E-state index contributed by atoms with van der Waals surface area (Å²) in [5.74, 6) is -0.367. The molecule has 0 saturated carbocycles. The summed E-state index contributed by atoms with van der Waals surface area (Å²) >= 11 is 5.73. The van der Waals surface area contributed by atoms with E-state index in [1.54, 1.807) is 0 Å². The number of aromatic nitrogens is 2. The summed E-state index contributed by atoms with van der Waals surface area (Å²) in [6.07, 6.45) is 5.39. The first-order chi connectivity index (χ1) is 13.0. The van der Waals surface area contributed by atoms with Gasteiger partial charge in [-0.15, -0.1) is 0 Å². The van der Waals surface area contributed by atoms with Crippen molar-refractivity contribution in [3.63, 3.8) is 0 Å². The van der Waals surface area contributed by atoms with E-state index < -0.39 is 10.7 Å². The Bertz CT molecular complexity index is 828. The van der Waals surface area contributed by atoms with Gasteiger partial charge in [-0.25, -0.2) is 9.37 Å². The largest absolute Gasteiger partial charge is 0.430 e. The second-order valence-electron chi connectivity index (χ2n) is 6.50. The fourth-order valence-corrected chi connectivity index (χ4v) is 3.48. The van der Waals surface area contributed by atoms with Gasteiger partial charge in [0.1, 0.15) is 6.33 Å². The van der Waals surface area contributed by atoms with Gasteiger partial charge in [-0.2, -0.15) is 4.98 Å². The zero-order valence-electron chi connectivity index (χ0n) is 14.9.